The Hall–Kier alpha value is -2.81. The first-order chi connectivity index (χ1) is 12.8. The molecule has 1 N–H and O–H groups in total. The smallest absolute Gasteiger partial charge is 0.261 e. The molecular weight excluding hydrogens is 369 g/mol. The molecule has 0 bridgehead atoms. The number of nitrogens with one attached hydrogen (secondary N) is 1. The lowest BCUT2D eigenvalue weighted by Crippen LogP contribution is -2.14. The minimum atomic E-state index is -3.93. The van der Waals surface area contributed by atoms with Gasteiger partial charge < -0.3 is 0 Å². The van der Waals surface area contributed by atoms with Crippen molar-refractivity contribution in [2.24, 2.45) is 0 Å². The van der Waals surface area contributed by atoms with Gasteiger partial charge in [0.15, 0.2) is 5.82 Å². The summed E-state index contributed by atoms with van der Waals surface area (Å²) in [4.78, 5) is 0.0676. The summed E-state index contributed by atoms with van der Waals surface area (Å²) in [7, 11) is -3.93. The Kier molecular flexibility index (Phi) is 5.22. The van der Waals surface area contributed by atoms with E-state index >= 15 is 0 Å². The highest BCUT2D eigenvalue weighted by Gasteiger charge is 2.18. The standard InChI is InChI=1S/C18H20FN5O2S/c1-4-12(2)14-5-8-16(9-6-14)27(25,26)21-18-11-15(7-10-17(18)19)24-13(3)20-22-23-24/h5-12,21H,4H2,1-3H3/t12-/m0/s1. The molecule has 0 aliphatic carbocycles. The number of nitrogens with zero attached hydrogens (tertiary/aromatic N) is 4. The van der Waals surface area contributed by atoms with Crippen molar-refractivity contribution in [2.75, 3.05) is 4.72 Å². The van der Waals surface area contributed by atoms with Crippen LogP contribution in [0.1, 0.15) is 37.6 Å². The minimum Gasteiger partial charge on any atom is -0.277 e. The summed E-state index contributed by atoms with van der Waals surface area (Å²) in [6, 6.07) is 10.6. The number of sulfonamides is 1. The molecule has 0 amide bonds. The second-order valence-corrected chi connectivity index (χ2v) is 7.97. The van der Waals surface area contributed by atoms with Crippen LogP contribution in [0.15, 0.2) is 47.4 Å². The predicted octanol–water partition coefficient (Wildman–Crippen LogP) is 3.42. The van der Waals surface area contributed by atoms with Crippen molar-refractivity contribution < 1.29 is 12.8 Å². The molecule has 142 valence electrons. The Morgan fingerprint density at radius 3 is 2.48 bits per heavy atom. The van der Waals surface area contributed by atoms with Gasteiger partial charge in [0.1, 0.15) is 5.82 Å². The van der Waals surface area contributed by atoms with E-state index < -0.39 is 15.8 Å². The molecule has 1 heterocycles. The average Bonchev–Trinajstić information content (AvgIpc) is 3.09. The first-order valence-corrected chi connectivity index (χ1v) is 9.98. The third-order valence-corrected chi connectivity index (χ3v) is 5.82. The van der Waals surface area contributed by atoms with Gasteiger partial charge in [-0.05, 0) is 65.6 Å². The zero-order valence-electron chi connectivity index (χ0n) is 15.2. The van der Waals surface area contributed by atoms with Gasteiger partial charge in [-0.25, -0.2) is 12.8 Å². The van der Waals surface area contributed by atoms with Crippen LogP contribution in [-0.2, 0) is 10.0 Å². The number of hydrogen-bond donors (Lipinski definition) is 1. The summed E-state index contributed by atoms with van der Waals surface area (Å²) in [5, 5.41) is 11.1. The molecule has 9 heteroatoms. The van der Waals surface area contributed by atoms with E-state index in [1.54, 1.807) is 19.1 Å². The van der Waals surface area contributed by atoms with E-state index in [0.717, 1.165) is 12.0 Å². The maximum Gasteiger partial charge on any atom is 0.261 e. The fourth-order valence-electron chi connectivity index (χ4n) is 2.61. The molecule has 3 rings (SSSR count). The summed E-state index contributed by atoms with van der Waals surface area (Å²) in [6.07, 6.45) is 0.957. The van der Waals surface area contributed by atoms with E-state index in [9.17, 15) is 12.8 Å². The molecule has 0 saturated heterocycles. The van der Waals surface area contributed by atoms with Crippen LogP contribution in [0.5, 0.6) is 0 Å². The van der Waals surface area contributed by atoms with Crippen LogP contribution in [0, 0.1) is 12.7 Å². The topological polar surface area (TPSA) is 89.8 Å². The zero-order valence-corrected chi connectivity index (χ0v) is 16.0. The molecular formula is C18H20FN5O2S. The third-order valence-electron chi connectivity index (χ3n) is 4.44. The molecule has 3 aromatic rings. The number of aryl methyl sites for hydroxylation is 1. The van der Waals surface area contributed by atoms with Crippen molar-refractivity contribution >= 4 is 15.7 Å². The largest absolute Gasteiger partial charge is 0.277 e. The number of hydrogen-bond acceptors (Lipinski definition) is 5. The van der Waals surface area contributed by atoms with E-state index in [1.807, 2.05) is 0 Å². The molecule has 0 aliphatic heterocycles. The van der Waals surface area contributed by atoms with Crippen molar-refractivity contribution in [1.29, 1.82) is 0 Å². The number of benzene rings is 2. The Balaban J connectivity index is 1.90. The lowest BCUT2D eigenvalue weighted by Gasteiger charge is -2.12. The zero-order chi connectivity index (χ0) is 19.6. The fraction of sp³-hybridized carbons (Fsp3) is 0.278. The summed E-state index contributed by atoms with van der Waals surface area (Å²) in [6.45, 7) is 5.83. The van der Waals surface area contributed by atoms with E-state index in [4.69, 9.17) is 0 Å². The predicted molar refractivity (Wildman–Crippen MR) is 99.8 cm³/mol. The van der Waals surface area contributed by atoms with Crippen LogP contribution in [0.3, 0.4) is 0 Å². The van der Waals surface area contributed by atoms with Crippen LogP contribution in [0.25, 0.3) is 5.69 Å². The van der Waals surface area contributed by atoms with Gasteiger partial charge in [-0.15, -0.1) is 5.10 Å². The molecule has 1 atom stereocenters. The van der Waals surface area contributed by atoms with Gasteiger partial charge in [0.05, 0.1) is 16.3 Å². The van der Waals surface area contributed by atoms with E-state index in [0.29, 0.717) is 17.4 Å². The van der Waals surface area contributed by atoms with E-state index in [-0.39, 0.29) is 10.6 Å². The van der Waals surface area contributed by atoms with Gasteiger partial charge >= 0.3 is 0 Å². The van der Waals surface area contributed by atoms with Gasteiger partial charge in [0.25, 0.3) is 10.0 Å². The lowest BCUT2D eigenvalue weighted by atomic mass is 9.99. The number of aromatic nitrogens is 4. The maximum absolute atomic E-state index is 14.2. The van der Waals surface area contributed by atoms with E-state index in [2.05, 4.69) is 34.1 Å². The molecule has 1 aromatic heterocycles. The summed E-state index contributed by atoms with van der Waals surface area (Å²) in [5.41, 5.74) is 1.33. The maximum atomic E-state index is 14.2. The highest BCUT2D eigenvalue weighted by Crippen LogP contribution is 2.24. The second kappa shape index (κ2) is 7.43. The van der Waals surface area contributed by atoms with Gasteiger partial charge in [0.2, 0.25) is 0 Å². The molecule has 27 heavy (non-hydrogen) atoms. The summed E-state index contributed by atoms with van der Waals surface area (Å²) >= 11 is 0. The van der Waals surface area contributed by atoms with Gasteiger partial charge in [-0.3, -0.25) is 4.72 Å². The van der Waals surface area contributed by atoms with Crippen molar-refractivity contribution in [2.45, 2.75) is 38.0 Å². The summed E-state index contributed by atoms with van der Waals surface area (Å²) < 4.78 is 43.2. The number of tetrazole rings is 1. The molecule has 0 spiro atoms. The van der Waals surface area contributed by atoms with Gasteiger partial charge in [-0.1, -0.05) is 26.0 Å². The Bertz CT molecular complexity index is 1050. The quantitative estimate of drug-likeness (QED) is 0.698. The minimum absolute atomic E-state index is 0.0676. The Morgan fingerprint density at radius 2 is 1.89 bits per heavy atom. The van der Waals surface area contributed by atoms with Crippen LogP contribution in [0.4, 0.5) is 10.1 Å². The highest BCUT2D eigenvalue weighted by molar-refractivity contribution is 7.92. The van der Waals surface area contributed by atoms with Crippen LogP contribution < -0.4 is 4.72 Å². The fourth-order valence-corrected chi connectivity index (χ4v) is 3.67. The molecule has 0 aliphatic rings. The van der Waals surface area contributed by atoms with Crippen molar-refractivity contribution in [3.05, 3.63) is 59.7 Å². The lowest BCUT2D eigenvalue weighted by molar-refractivity contribution is 0.598. The number of anilines is 1. The Labute approximate surface area is 157 Å². The van der Waals surface area contributed by atoms with Crippen molar-refractivity contribution in [3.63, 3.8) is 0 Å². The van der Waals surface area contributed by atoms with Crippen LogP contribution in [-0.4, -0.2) is 28.6 Å². The number of rotatable bonds is 6. The molecule has 0 saturated carbocycles. The molecule has 0 unspecified atom stereocenters. The second-order valence-electron chi connectivity index (χ2n) is 6.29. The van der Waals surface area contributed by atoms with Crippen molar-refractivity contribution in [3.8, 4) is 5.69 Å². The molecule has 2 aromatic carbocycles. The van der Waals surface area contributed by atoms with Crippen molar-refractivity contribution in [1.82, 2.24) is 20.2 Å². The monoisotopic (exact) mass is 389 g/mol. The highest BCUT2D eigenvalue weighted by atomic mass is 32.2. The average molecular weight is 389 g/mol. The SMILES string of the molecule is CC[C@H](C)c1ccc(S(=O)(=O)Nc2cc(-n3nnnc3C)ccc2F)cc1. The third kappa shape index (κ3) is 3.97. The van der Waals surface area contributed by atoms with Gasteiger partial charge in [0, 0.05) is 0 Å². The van der Waals surface area contributed by atoms with Gasteiger partial charge in [-0.2, -0.15) is 4.68 Å². The Morgan fingerprint density at radius 1 is 1.19 bits per heavy atom. The van der Waals surface area contributed by atoms with E-state index in [1.165, 1.54) is 35.0 Å². The molecule has 7 nitrogen and oxygen atoms in total. The molecule has 0 fully saturated rings. The van der Waals surface area contributed by atoms with Crippen LogP contribution >= 0.6 is 0 Å². The first-order valence-electron chi connectivity index (χ1n) is 8.49. The number of halogens is 1. The first kappa shape index (κ1) is 19.0. The molecule has 0 radical (unpaired) electrons. The normalized spacial score (nSPS) is 12.7. The van der Waals surface area contributed by atoms with Crippen LogP contribution in [0.2, 0.25) is 0 Å². The summed E-state index contributed by atoms with van der Waals surface area (Å²) in [5.74, 6) is 0.142.